The van der Waals surface area contributed by atoms with Gasteiger partial charge in [0.1, 0.15) is 11.1 Å². The van der Waals surface area contributed by atoms with Gasteiger partial charge in [-0.2, -0.15) is 5.10 Å². The molecule has 0 fully saturated rings. The summed E-state index contributed by atoms with van der Waals surface area (Å²) in [6, 6.07) is 16.8. The predicted molar refractivity (Wildman–Crippen MR) is 117 cm³/mol. The summed E-state index contributed by atoms with van der Waals surface area (Å²) in [4.78, 5) is 19.2. The first-order chi connectivity index (χ1) is 14.5. The van der Waals surface area contributed by atoms with E-state index in [4.69, 9.17) is 32.7 Å². The first-order valence-corrected chi connectivity index (χ1v) is 9.86. The summed E-state index contributed by atoms with van der Waals surface area (Å²) in [5.41, 5.74) is 3.80. The lowest BCUT2D eigenvalue weighted by Gasteiger charge is -2.08. The van der Waals surface area contributed by atoms with E-state index in [1.807, 2.05) is 42.5 Å². The van der Waals surface area contributed by atoms with E-state index in [9.17, 15) is 4.79 Å². The maximum atomic E-state index is 12.5. The zero-order valence-electron chi connectivity index (χ0n) is 15.7. The standard InChI is InChI=1S/C22H14Cl2N4O2/c1-12-19(20-21(29)25-11-26-22(20)30-12)17-10-18(13-2-4-14(23)5-3-13)28(27-17)16-8-6-15(24)7-9-16/h2-11H,1H3,(H,25,26,29). The van der Waals surface area contributed by atoms with Crippen LogP contribution in [0.2, 0.25) is 10.0 Å². The second-order valence-corrected chi connectivity index (χ2v) is 7.63. The minimum Gasteiger partial charge on any atom is -0.442 e. The number of aromatic amines is 1. The van der Waals surface area contributed by atoms with Crippen LogP contribution in [-0.4, -0.2) is 19.7 Å². The number of H-pyrrole nitrogens is 1. The van der Waals surface area contributed by atoms with E-state index < -0.39 is 0 Å². The van der Waals surface area contributed by atoms with E-state index in [-0.39, 0.29) is 11.3 Å². The second kappa shape index (κ2) is 7.16. The van der Waals surface area contributed by atoms with Crippen molar-refractivity contribution >= 4 is 34.3 Å². The number of fused-ring (bicyclic) bond motifs is 1. The Balaban J connectivity index is 1.78. The number of nitrogens with one attached hydrogen (secondary N) is 1. The van der Waals surface area contributed by atoms with Crippen molar-refractivity contribution < 1.29 is 4.42 Å². The van der Waals surface area contributed by atoms with Crippen LogP contribution in [-0.2, 0) is 0 Å². The highest BCUT2D eigenvalue weighted by Gasteiger charge is 2.22. The molecule has 0 saturated carbocycles. The Kier molecular flexibility index (Phi) is 4.46. The highest BCUT2D eigenvalue weighted by molar-refractivity contribution is 6.30. The molecule has 3 aromatic heterocycles. The van der Waals surface area contributed by atoms with Crippen molar-refractivity contribution in [3.05, 3.63) is 87.1 Å². The molecular weight excluding hydrogens is 423 g/mol. The first kappa shape index (κ1) is 18.7. The molecule has 148 valence electrons. The van der Waals surface area contributed by atoms with E-state index in [0.717, 1.165) is 16.9 Å². The SMILES string of the molecule is Cc1oc2nc[nH]c(=O)c2c1-c1cc(-c2ccc(Cl)cc2)n(-c2ccc(Cl)cc2)n1. The van der Waals surface area contributed by atoms with Gasteiger partial charge in [-0.1, -0.05) is 35.3 Å². The summed E-state index contributed by atoms with van der Waals surface area (Å²) >= 11 is 12.1. The molecule has 30 heavy (non-hydrogen) atoms. The zero-order chi connectivity index (χ0) is 20.8. The van der Waals surface area contributed by atoms with Crippen molar-refractivity contribution in [3.63, 3.8) is 0 Å². The molecule has 5 aromatic rings. The fourth-order valence-corrected chi connectivity index (χ4v) is 3.72. The number of aryl methyl sites for hydroxylation is 1. The third-order valence-corrected chi connectivity index (χ3v) is 5.35. The van der Waals surface area contributed by atoms with Gasteiger partial charge in [-0.3, -0.25) is 4.79 Å². The smallest absolute Gasteiger partial charge is 0.262 e. The number of nitrogens with zero attached hydrogens (tertiary/aromatic N) is 3. The monoisotopic (exact) mass is 436 g/mol. The number of hydrogen-bond donors (Lipinski definition) is 1. The third kappa shape index (κ3) is 3.10. The Hall–Kier alpha value is -3.35. The van der Waals surface area contributed by atoms with Crippen molar-refractivity contribution in [2.45, 2.75) is 6.92 Å². The summed E-state index contributed by atoms with van der Waals surface area (Å²) in [5.74, 6) is 0.567. The van der Waals surface area contributed by atoms with Gasteiger partial charge in [-0.05, 0) is 49.4 Å². The lowest BCUT2D eigenvalue weighted by atomic mass is 10.1. The van der Waals surface area contributed by atoms with Crippen molar-refractivity contribution in [3.8, 4) is 28.2 Å². The van der Waals surface area contributed by atoms with Gasteiger partial charge in [0.25, 0.3) is 5.56 Å². The quantitative estimate of drug-likeness (QED) is 0.396. The third-order valence-electron chi connectivity index (χ3n) is 4.85. The van der Waals surface area contributed by atoms with Crippen LogP contribution in [0.1, 0.15) is 5.76 Å². The molecule has 5 rings (SSSR count). The Labute approximate surface area is 180 Å². The topological polar surface area (TPSA) is 76.7 Å². The molecule has 0 radical (unpaired) electrons. The highest BCUT2D eigenvalue weighted by Crippen LogP contribution is 2.35. The molecule has 2 aromatic carbocycles. The van der Waals surface area contributed by atoms with Crippen LogP contribution < -0.4 is 5.56 Å². The number of hydrogen-bond acceptors (Lipinski definition) is 4. The Morgan fingerprint density at radius 3 is 2.37 bits per heavy atom. The lowest BCUT2D eigenvalue weighted by Crippen LogP contribution is -2.05. The van der Waals surface area contributed by atoms with Crippen LogP contribution in [0.4, 0.5) is 0 Å². The fourth-order valence-electron chi connectivity index (χ4n) is 3.47. The molecule has 3 heterocycles. The first-order valence-electron chi connectivity index (χ1n) is 9.10. The molecule has 6 nitrogen and oxygen atoms in total. The molecular formula is C22H14Cl2N4O2. The molecule has 0 amide bonds. The average Bonchev–Trinajstić information content (AvgIpc) is 3.30. The van der Waals surface area contributed by atoms with Gasteiger partial charge < -0.3 is 9.40 Å². The molecule has 0 aliphatic carbocycles. The number of furan rings is 1. The van der Waals surface area contributed by atoms with Crippen LogP contribution >= 0.6 is 23.2 Å². The molecule has 0 aliphatic heterocycles. The van der Waals surface area contributed by atoms with Gasteiger partial charge in [0.2, 0.25) is 5.71 Å². The van der Waals surface area contributed by atoms with Crippen LogP contribution in [0.5, 0.6) is 0 Å². The largest absolute Gasteiger partial charge is 0.442 e. The van der Waals surface area contributed by atoms with Gasteiger partial charge in [0.15, 0.2) is 0 Å². The number of benzene rings is 2. The molecule has 0 aliphatic rings. The number of rotatable bonds is 3. The van der Waals surface area contributed by atoms with E-state index in [1.54, 1.807) is 23.7 Å². The van der Waals surface area contributed by atoms with Crippen molar-refractivity contribution in [2.75, 3.05) is 0 Å². The Bertz CT molecular complexity index is 1370. The van der Waals surface area contributed by atoms with Gasteiger partial charge in [0.05, 0.1) is 29.0 Å². The summed E-state index contributed by atoms with van der Waals surface area (Å²) in [6.07, 6.45) is 1.32. The van der Waals surface area contributed by atoms with Gasteiger partial charge in [0, 0.05) is 15.6 Å². The van der Waals surface area contributed by atoms with Crippen molar-refractivity contribution in [2.24, 2.45) is 0 Å². The maximum Gasteiger partial charge on any atom is 0.262 e. The summed E-state index contributed by atoms with van der Waals surface area (Å²) < 4.78 is 7.51. The molecule has 0 saturated heterocycles. The Morgan fingerprint density at radius 2 is 1.67 bits per heavy atom. The van der Waals surface area contributed by atoms with E-state index in [2.05, 4.69) is 9.97 Å². The molecule has 8 heteroatoms. The molecule has 0 bridgehead atoms. The summed E-state index contributed by atoms with van der Waals surface area (Å²) in [7, 11) is 0. The zero-order valence-corrected chi connectivity index (χ0v) is 17.2. The van der Waals surface area contributed by atoms with E-state index in [0.29, 0.717) is 32.4 Å². The van der Waals surface area contributed by atoms with Crippen molar-refractivity contribution in [1.82, 2.24) is 19.7 Å². The number of aromatic nitrogens is 4. The van der Waals surface area contributed by atoms with Crippen LogP contribution in [0.3, 0.4) is 0 Å². The number of halogens is 2. The second-order valence-electron chi connectivity index (χ2n) is 6.75. The molecule has 0 atom stereocenters. The molecule has 0 spiro atoms. The van der Waals surface area contributed by atoms with Gasteiger partial charge in [-0.25, -0.2) is 9.67 Å². The molecule has 1 N–H and O–H groups in total. The maximum absolute atomic E-state index is 12.5. The normalized spacial score (nSPS) is 11.3. The summed E-state index contributed by atoms with van der Waals surface area (Å²) in [5, 5.41) is 6.45. The van der Waals surface area contributed by atoms with Crippen LogP contribution in [0, 0.1) is 6.92 Å². The summed E-state index contributed by atoms with van der Waals surface area (Å²) in [6.45, 7) is 1.79. The minimum absolute atomic E-state index is 0.277. The minimum atomic E-state index is -0.277. The van der Waals surface area contributed by atoms with E-state index in [1.165, 1.54) is 6.33 Å². The van der Waals surface area contributed by atoms with E-state index >= 15 is 0 Å². The Morgan fingerprint density at radius 1 is 1.00 bits per heavy atom. The van der Waals surface area contributed by atoms with Crippen LogP contribution in [0.15, 0.2) is 70.1 Å². The van der Waals surface area contributed by atoms with Gasteiger partial charge in [-0.15, -0.1) is 0 Å². The van der Waals surface area contributed by atoms with Crippen LogP contribution in [0.25, 0.3) is 39.3 Å². The predicted octanol–water partition coefficient (Wildman–Crippen LogP) is 5.65. The molecule has 0 unspecified atom stereocenters. The van der Waals surface area contributed by atoms with Gasteiger partial charge >= 0.3 is 0 Å². The van der Waals surface area contributed by atoms with Crippen molar-refractivity contribution in [1.29, 1.82) is 0 Å². The average molecular weight is 437 g/mol. The fraction of sp³-hybridized carbons (Fsp3) is 0.0455. The lowest BCUT2D eigenvalue weighted by molar-refractivity contribution is 0.568. The highest BCUT2D eigenvalue weighted by atomic mass is 35.5.